The first-order valence-electron chi connectivity index (χ1n) is 13.5. The summed E-state index contributed by atoms with van der Waals surface area (Å²) in [5.74, 6) is 1.07. The normalized spacial score (nSPS) is 16.7. The lowest BCUT2D eigenvalue weighted by molar-refractivity contribution is 0.0227. The third kappa shape index (κ3) is 3.99. The molecule has 2 aliphatic rings. The van der Waals surface area contributed by atoms with Crippen LogP contribution in [0.4, 0.5) is 17.1 Å². The van der Waals surface area contributed by atoms with E-state index in [9.17, 15) is 4.79 Å². The maximum absolute atomic E-state index is 13.3. The molecule has 0 radical (unpaired) electrons. The summed E-state index contributed by atoms with van der Waals surface area (Å²) < 4.78 is 13.0. The highest BCUT2D eigenvalue weighted by molar-refractivity contribution is 5.97. The molecule has 0 amide bonds. The van der Waals surface area contributed by atoms with Gasteiger partial charge in [0.05, 0.1) is 11.1 Å². The number of hydrogen-bond acceptors (Lipinski definition) is 5. The molecule has 2 N–H and O–H groups in total. The molecule has 192 valence electrons. The molecule has 0 saturated heterocycles. The molecule has 0 bridgehead atoms. The molecule has 6 rings (SSSR count). The van der Waals surface area contributed by atoms with Crippen molar-refractivity contribution in [2.45, 2.75) is 45.1 Å². The Kier molecular flexibility index (Phi) is 6.28. The van der Waals surface area contributed by atoms with Crippen LogP contribution in [0.25, 0.3) is 0 Å². The first-order valence-corrected chi connectivity index (χ1v) is 13.5. The van der Waals surface area contributed by atoms with Crippen molar-refractivity contribution in [3.05, 3.63) is 113 Å². The minimum absolute atomic E-state index is 0.324. The Morgan fingerprint density at radius 2 is 1.61 bits per heavy atom. The van der Waals surface area contributed by atoms with Gasteiger partial charge in [-0.25, -0.2) is 4.79 Å². The number of ether oxygens (including phenoxy) is 2. The number of anilines is 3. The van der Waals surface area contributed by atoms with E-state index in [0.29, 0.717) is 17.1 Å². The van der Waals surface area contributed by atoms with E-state index in [1.807, 2.05) is 72.8 Å². The summed E-state index contributed by atoms with van der Waals surface area (Å²) in [5, 5.41) is 7.18. The maximum Gasteiger partial charge on any atom is 0.340 e. The first kappa shape index (κ1) is 24.1. The van der Waals surface area contributed by atoms with Crippen molar-refractivity contribution < 1.29 is 14.3 Å². The molecule has 38 heavy (non-hydrogen) atoms. The average Bonchev–Trinajstić information content (AvgIpc) is 3.22. The molecule has 5 heteroatoms. The second-order valence-electron chi connectivity index (χ2n) is 10.0. The standard InChI is InChI=1S/C33H32N2O3/c1-3-4-5-11-19-34-27-17-12-18-29-31(27)33(25-16-10-9-15-24(25)32(36)38-33)26-21-28(22(2)20-30(26)37-29)35-23-13-7-6-8-14-23/h6-10,12-18,20-21,34-35H,3-5,11,19H2,1-2H3. The van der Waals surface area contributed by atoms with Gasteiger partial charge in [0, 0.05) is 34.7 Å². The number of rotatable bonds is 8. The largest absolute Gasteiger partial charge is 0.456 e. The van der Waals surface area contributed by atoms with Crippen LogP contribution in [0.15, 0.2) is 84.9 Å². The topological polar surface area (TPSA) is 59.6 Å². The zero-order valence-electron chi connectivity index (χ0n) is 21.8. The quantitative estimate of drug-likeness (QED) is 0.187. The van der Waals surface area contributed by atoms with Gasteiger partial charge in [-0.15, -0.1) is 0 Å². The van der Waals surface area contributed by atoms with Gasteiger partial charge < -0.3 is 20.1 Å². The van der Waals surface area contributed by atoms with Crippen LogP contribution in [-0.2, 0) is 10.3 Å². The Labute approximate surface area is 223 Å². The molecule has 4 aromatic carbocycles. The predicted octanol–water partition coefficient (Wildman–Crippen LogP) is 8.30. The van der Waals surface area contributed by atoms with Gasteiger partial charge in [-0.1, -0.05) is 68.7 Å². The predicted molar refractivity (Wildman–Crippen MR) is 152 cm³/mol. The molecule has 4 aromatic rings. The van der Waals surface area contributed by atoms with E-state index in [1.165, 1.54) is 19.3 Å². The van der Waals surface area contributed by atoms with E-state index in [4.69, 9.17) is 9.47 Å². The Bertz CT molecular complexity index is 1500. The molecule has 1 unspecified atom stereocenters. The Balaban J connectivity index is 1.52. The second kappa shape index (κ2) is 9.90. The number of esters is 1. The van der Waals surface area contributed by atoms with Gasteiger partial charge in [-0.05, 0) is 61.4 Å². The van der Waals surface area contributed by atoms with Crippen LogP contribution in [0.2, 0.25) is 0 Å². The number of aryl methyl sites for hydroxylation is 1. The molecule has 1 atom stereocenters. The minimum Gasteiger partial charge on any atom is -0.456 e. The van der Waals surface area contributed by atoms with E-state index in [0.717, 1.165) is 52.3 Å². The van der Waals surface area contributed by atoms with Gasteiger partial charge in [0.15, 0.2) is 5.60 Å². The lowest BCUT2D eigenvalue weighted by Crippen LogP contribution is -2.34. The van der Waals surface area contributed by atoms with Crippen molar-refractivity contribution in [3.8, 4) is 11.5 Å². The first-order chi connectivity index (χ1) is 18.6. The van der Waals surface area contributed by atoms with Gasteiger partial charge in [-0.3, -0.25) is 0 Å². The van der Waals surface area contributed by atoms with Crippen molar-refractivity contribution in [2.24, 2.45) is 0 Å². The SMILES string of the molecule is CCCCCCNc1cccc2c1C1(OC(=O)c3ccccc31)c1cc(Nc3ccccc3)c(C)cc1O2. The number of fused-ring (bicyclic) bond motifs is 6. The van der Waals surface area contributed by atoms with Crippen molar-refractivity contribution >= 4 is 23.0 Å². The van der Waals surface area contributed by atoms with Crippen LogP contribution < -0.4 is 15.4 Å². The summed E-state index contributed by atoms with van der Waals surface area (Å²) >= 11 is 0. The van der Waals surface area contributed by atoms with Crippen LogP contribution in [-0.4, -0.2) is 12.5 Å². The number of nitrogens with one attached hydrogen (secondary N) is 2. The lowest BCUT2D eigenvalue weighted by atomic mass is 9.76. The highest BCUT2D eigenvalue weighted by atomic mass is 16.6. The number of carbonyl (C=O) groups is 1. The molecule has 0 fully saturated rings. The minimum atomic E-state index is -1.12. The number of para-hydroxylation sites is 1. The molecule has 0 aliphatic carbocycles. The van der Waals surface area contributed by atoms with Gasteiger partial charge >= 0.3 is 5.97 Å². The van der Waals surface area contributed by atoms with Crippen molar-refractivity contribution in [3.63, 3.8) is 0 Å². The summed E-state index contributed by atoms with van der Waals surface area (Å²) in [5.41, 5.74) is 5.84. The number of benzene rings is 4. The van der Waals surface area contributed by atoms with Crippen molar-refractivity contribution in [2.75, 3.05) is 17.2 Å². The molecule has 0 aromatic heterocycles. The fourth-order valence-electron chi connectivity index (χ4n) is 5.61. The highest BCUT2D eigenvalue weighted by Crippen LogP contribution is 2.58. The number of unbranched alkanes of at least 4 members (excludes halogenated alkanes) is 3. The molecular formula is C33H32N2O3. The van der Waals surface area contributed by atoms with Crippen molar-refractivity contribution in [1.29, 1.82) is 0 Å². The summed E-state index contributed by atoms with van der Waals surface area (Å²) in [6, 6.07) is 27.9. The molecule has 0 saturated carbocycles. The highest BCUT2D eigenvalue weighted by Gasteiger charge is 2.54. The number of hydrogen-bond donors (Lipinski definition) is 2. The van der Waals surface area contributed by atoms with Gasteiger partial charge in [0.1, 0.15) is 11.5 Å². The third-order valence-electron chi connectivity index (χ3n) is 7.47. The Hall–Kier alpha value is -4.25. The fourth-order valence-corrected chi connectivity index (χ4v) is 5.61. The Morgan fingerprint density at radius 3 is 2.45 bits per heavy atom. The van der Waals surface area contributed by atoms with E-state index in [2.05, 4.69) is 36.6 Å². The van der Waals surface area contributed by atoms with Crippen molar-refractivity contribution in [1.82, 2.24) is 0 Å². The third-order valence-corrected chi connectivity index (χ3v) is 7.47. The molecule has 1 spiro atoms. The molecule has 2 aliphatic heterocycles. The van der Waals surface area contributed by atoms with Gasteiger partial charge in [0.2, 0.25) is 0 Å². The van der Waals surface area contributed by atoms with Crippen LogP contribution in [0, 0.1) is 6.92 Å². The molecular weight excluding hydrogens is 472 g/mol. The summed E-state index contributed by atoms with van der Waals surface area (Å²) in [6.45, 7) is 5.11. The summed E-state index contributed by atoms with van der Waals surface area (Å²) in [6.07, 6.45) is 4.66. The zero-order chi connectivity index (χ0) is 26.1. The van der Waals surface area contributed by atoms with Crippen LogP contribution >= 0.6 is 0 Å². The smallest absolute Gasteiger partial charge is 0.340 e. The van der Waals surface area contributed by atoms with Crippen LogP contribution in [0.5, 0.6) is 11.5 Å². The maximum atomic E-state index is 13.3. The molecule has 2 heterocycles. The van der Waals surface area contributed by atoms with Gasteiger partial charge in [0.25, 0.3) is 0 Å². The fraction of sp³-hybridized carbons (Fsp3) is 0.242. The average molecular weight is 505 g/mol. The second-order valence-corrected chi connectivity index (χ2v) is 10.0. The van der Waals surface area contributed by atoms with E-state index >= 15 is 0 Å². The van der Waals surface area contributed by atoms with Gasteiger partial charge in [-0.2, -0.15) is 0 Å². The molecule has 5 nitrogen and oxygen atoms in total. The summed E-state index contributed by atoms with van der Waals surface area (Å²) in [4.78, 5) is 13.3. The number of carbonyl (C=O) groups excluding carboxylic acids is 1. The Morgan fingerprint density at radius 1 is 0.789 bits per heavy atom. The monoisotopic (exact) mass is 504 g/mol. The summed E-state index contributed by atoms with van der Waals surface area (Å²) in [7, 11) is 0. The lowest BCUT2D eigenvalue weighted by Gasteiger charge is -2.38. The van der Waals surface area contributed by atoms with E-state index < -0.39 is 5.60 Å². The van der Waals surface area contributed by atoms with E-state index in [-0.39, 0.29) is 5.97 Å². The van der Waals surface area contributed by atoms with E-state index in [1.54, 1.807) is 0 Å². The zero-order valence-corrected chi connectivity index (χ0v) is 21.8. The van der Waals surface area contributed by atoms with Crippen LogP contribution in [0.3, 0.4) is 0 Å². The van der Waals surface area contributed by atoms with Crippen LogP contribution in [0.1, 0.15) is 65.2 Å².